The second-order valence-electron chi connectivity index (χ2n) is 6.68. The molecule has 0 aliphatic rings. The van der Waals surface area contributed by atoms with E-state index in [4.69, 9.17) is 0 Å². The van der Waals surface area contributed by atoms with E-state index in [1.165, 1.54) is 12.1 Å². The first-order valence-electron chi connectivity index (χ1n) is 9.22. The lowest BCUT2D eigenvalue weighted by Gasteiger charge is -2.07. The molecule has 2 aromatic carbocycles. The van der Waals surface area contributed by atoms with Gasteiger partial charge in [0.2, 0.25) is 5.91 Å². The Hall–Kier alpha value is -3.55. The molecule has 29 heavy (non-hydrogen) atoms. The van der Waals surface area contributed by atoms with Gasteiger partial charge in [0.15, 0.2) is 5.69 Å². The van der Waals surface area contributed by atoms with Crippen LogP contribution in [0.4, 0.5) is 4.39 Å². The molecule has 3 rings (SSSR count). The molecule has 150 valence electrons. The van der Waals surface area contributed by atoms with Crippen molar-refractivity contribution in [3.63, 3.8) is 0 Å². The third-order valence-electron chi connectivity index (χ3n) is 4.37. The first-order valence-corrected chi connectivity index (χ1v) is 9.22. The lowest BCUT2D eigenvalue weighted by Crippen LogP contribution is -2.35. The minimum atomic E-state index is -0.353. The Labute approximate surface area is 167 Å². The molecular formula is C21H22FN5O2. The minimum absolute atomic E-state index is 0.151. The number of amides is 2. The fourth-order valence-corrected chi connectivity index (χ4v) is 2.86. The predicted molar refractivity (Wildman–Crippen MR) is 106 cm³/mol. The summed E-state index contributed by atoms with van der Waals surface area (Å²) in [6.07, 6.45) is 0.151. The Morgan fingerprint density at radius 3 is 2.48 bits per heavy atom. The first kappa shape index (κ1) is 20.2. The van der Waals surface area contributed by atoms with Crippen LogP contribution in [0.2, 0.25) is 0 Å². The number of hydrogen-bond acceptors (Lipinski definition) is 4. The van der Waals surface area contributed by atoms with E-state index in [9.17, 15) is 14.0 Å². The number of carbonyl (C=O) groups excluding carboxylic acids is 2. The predicted octanol–water partition coefficient (Wildman–Crippen LogP) is 2.11. The Morgan fingerprint density at radius 1 is 1.03 bits per heavy atom. The third kappa shape index (κ3) is 5.25. The Kier molecular flexibility index (Phi) is 6.33. The van der Waals surface area contributed by atoms with E-state index < -0.39 is 0 Å². The molecule has 0 unspecified atom stereocenters. The van der Waals surface area contributed by atoms with Crippen LogP contribution in [-0.4, -0.2) is 39.9 Å². The molecule has 2 amide bonds. The topological polar surface area (TPSA) is 88.9 Å². The van der Waals surface area contributed by atoms with Gasteiger partial charge in [-0.3, -0.25) is 9.59 Å². The molecule has 0 atom stereocenters. The molecule has 0 spiro atoms. The summed E-state index contributed by atoms with van der Waals surface area (Å²) in [5.74, 6) is -0.895. The number of hydrogen-bond donors (Lipinski definition) is 2. The average molecular weight is 395 g/mol. The molecule has 1 aromatic heterocycles. The molecule has 0 aliphatic heterocycles. The van der Waals surface area contributed by atoms with E-state index in [0.717, 1.165) is 16.8 Å². The van der Waals surface area contributed by atoms with Crippen LogP contribution in [0.25, 0.3) is 5.69 Å². The van der Waals surface area contributed by atoms with Gasteiger partial charge in [0, 0.05) is 13.1 Å². The van der Waals surface area contributed by atoms with E-state index >= 15 is 0 Å². The maximum Gasteiger partial charge on any atom is 0.273 e. The highest BCUT2D eigenvalue weighted by atomic mass is 19.1. The van der Waals surface area contributed by atoms with E-state index in [0.29, 0.717) is 5.69 Å². The van der Waals surface area contributed by atoms with Gasteiger partial charge in [0.25, 0.3) is 5.91 Å². The Morgan fingerprint density at radius 2 is 1.76 bits per heavy atom. The molecule has 0 fully saturated rings. The average Bonchev–Trinajstić information content (AvgIpc) is 3.08. The molecule has 0 aliphatic carbocycles. The Balaban J connectivity index is 1.48. The van der Waals surface area contributed by atoms with Crippen LogP contribution in [0.15, 0.2) is 48.5 Å². The maximum absolute atomic E-state index is 12.9. The normalized spacial score (nSPS) is 10.6. The van der Waals surface area contributed by atoms with Crippen molar-refractivity contribution in [2.45, 2.75) is 20.3 Å². The van der Waals surface area contributed by atoms with E-state index in [1.54, 1.807) is 23.7 Å². The van der Waals surface area contributed by atoms with Crippen molar-refractivity contribution in [2.24, 2.45) is 0 Å². The lowest BCUT2D eigenvalue weighted by atomic mass is 10.1. The molecule has 1 heterocycles. The molecule has 2 N–H and O–H groups in total. The van der Waals surface area contributed by atoms with Gasteiger partial charge in [-0.1, -0.05) is 29.5 Å². The zero-order valence-electron chi connectivity index (χ0n) is 16.3. The first-order chi connectivity index (χ1) is 13.9. The number of nitrogens with zero attached hydrogens (tertiary/aromatic N) is 3. The summed E-state index contributed by atoms with van der Waals surface area (Å²) in [4.78, 5) is 24.3. The molecule has 8 heteroatoms. The van der Waals surface area contributed by atoms with Crippen molar-refractivity contribution in [3.8, 4) is 5.69 Å². The number of benzene rings is 2. The number of halogens is 1. The number of rotatable bonds is 7. The third-order valence-corrected chi connectivity index (χ3v) is 4.37. The highest BCUT2D eigenvalue weighted by Crippen LogP contribution is 2.13. The van der Waals surface area contributed by atoms with Crippen molar-refractivity contribution in [3.05, 3.63) is 76.9 Å². The van der Waals surface area contributed by atoms with Crippen LogP contribution in [0.1, 0.15) is 27.3 Å². The van der Waals surface area contributed by atoms with Crippen LogP contribution < -0.4 is 10.6 Å². The van der Waals surface area contributed by atoms with Crippen LogP contribution in [0.3, 0.4) is 0 Å². The SMILES string of the molecule is Cc1cccc(-n2nnc(C(=O)NCCNC(=O)Cc3ccc(F)cc3)c2C)c1. The van der Waals surface area contributed by atoms with Crippen LogP contribution >= 0.6 is 0 Å². The summed E-state index contributed by atoms with van der Waals surface area (Å²) in [7, 11) is 0. The zero-order chi connectivity index (χ0) is 20.8. The summed E-state index contributed by atoms with van der Waals surface area (Å²) in [5.41, 5.74) is 3.51. The second kappa shape index (κ2) is 9.09. The summed E-state index contributed by atoms with van der Waals surface area (Å²) in [5, 5.41) is 13.5. The van der Waals surface area contributed by atoms with Crippen molar-refractivity contribution < 1.29 is 14.0 Å². The molecule has 0 radical (unpaired) electrons. The highest BCUT2D eigenvalue weighted by Gasteiger charge is 2.17. The molecule has 0 saturated heterocycles. The monoisotopic (exact) mass is 395 g/mol. The van der Waals surface area contributed by atoms with Crippen LogP contribution in [-0.2, 0) is 11.2 Å². The molecule has 0 saturated carbocycles. The maximum atomic E-state index is 12.9. The lowest BCUT2D eigenvalue weighted by molar-refractivity contribution is -0.120. The minimum Gasteiger partial charge on any atom is -0.354 e. The number of aryl methyl sites for hydroxylation is 1. The molecular weight excluding hydrogens is 373 g/mol. The van der Waals surface area contributed by atoms with E-state index in [-0.39, 0.29) is 42.8 Å². The fourth-order valence-electron chi connectivity index (χ4n) is 2.86. The quantitative estimate of drug-likeness (QED) is 0.600. The molecule has 3 aromatic rings. The van der Waals surface area contributed by atoms with Crippen molar-refractivity contribution in [2.75, 3.05) is 13.1 Å². The largest absolute Gasteiger partial charge is 0.354 e. The zero-order valence-corrected chi connectivity index (χ0v) is 16.3. The summed E-state index contributed by atoms with van der Waals surface area (Å²) >= 11 is 0. The van der Waals surface area contributed by atoms with Crippen LogP contribution in [0.5, 0.6) is 0 Å². The molecule has 7 nitrogen and oxygen atoms in total. The number of carbonyl (C=O) groups is 2. The van der Waals surface area contributed by atoms with Crippen molar-refractivity contribution in [1.82, 2.24) is 25.6 Å². The van der Waals surface area contributed by atoms with Gasteiger partial charge in [0.1, 0.15) is 5.82 Å². The number of aromatic nitrogens is 3. The van der Waals surface area contributed by atoms with Crippen molar-refractivity contribution >= 4 is 11.8 Å². The van der Waals surface area contributed by atoms with E-state index in [1.807, 2.05) is 31.2 Å². The van der Waals surface area contributed by atoms with Gasteiger partial charge in [-0.05, 0) is 49.2 Å². The van der Waals surface area contributed by atoms with Gasteiger partial charge in [-0.2, -0.15) is 0 Å². The summed E-state index contributed by atoms with van der Waals surface area (Å²) in [6, 6.07) is 13.5. The van der Waals surface area contributed by atoms with Gasteiger partial charge in [0.05, 0.1) is 17.8 Å². The van der Waals surface area contributed by atoms with Gasteiger partial charge in [-0.15, -0.1) is 5.10 Å². The Bertz CT molecular complexity index is 1010. The van der Waals surface area contributed by atoms with Gasteiger partial charge in [-0.25, -0.2) is 9.07 Å². The second-order valence-corrected chi connectivity index (χ2v) is 6.68. The van der Waals surface area contributed by atoms with Gasteiger partial charge < -0.3 is 10.6 Å². The highest BCUT2D eigenvalue weighted by molar-refractivity contribution is 5.93. The van der Waals surface area contributed by atoms with Gasteiger partial charge >= 0.3 is 0 Å². The summed E-state index contributed by atoms with van der Waals surface area (Å²) < 4.78 is 14.5. The number of nitrogens with one attached hydrogen (secondary N) is 2. The smallest absolute Gasteiger partial charge is 0.273 e. The fraction of sp³-hybridized carbons (Fsp3) is 0.238. The van der Waals surface area contributed by atoms with Crippen LogP contribution in [0, 0.1) is 19.7 Å². The molecule has 0 bridgehead atoms. The standard InChI is InChI=1S/C21H22FN5O2/c1-14-4-3-5-18(12-14)27-15(2)20(25-26-27)21(29)24-11-10-23-19(28)13-16-6-8-17(22)9-7-16/h3-9,12H,10-11,13H2,1-2H3,(H,23,28)(H,24,29). The van der Waals surface area contributed by atoms with Crippen molar-refractivity contribution in [1.29, 1.82) is 0 Å². The van der Waals surface area contributed by atoms with E-state index in [2.05, 4.69) is 20.9 Å². The summed E-state index contributed by atoms with van der Waals surface area (Å²) in [6.45, 7) is 4.29.